The highest BCUT2D eigenvalue weighted by Gasteiger charge is 2.28. The van der Waals surface area contributed by atoms with E-state index in [0.717, 1.165) is 11.1 Å². The second-order valence-corrected chi connectivity index (χ2v) is 6.73. The van der Waals surface area contributed by atoms with Crippen LogP contribution in [-0.2, 0) is 11.3 Å². The number of anilines is 1. The van der Waals surface area contributed by atoms with E-state index in [1.807, 2.05) is 19.1 Å². The van der Waals surface area contributed by atoms with Gasteiger partial charge in [0.25, 0.3) is 0 Å². The number of aromatic nitrogens is 4. The van der Waals surface area contributed by atoms with Gasteiger partial charge in [-0.3, -0.25) is 9.67 Å². The van der Waals surface area contributed by atoms with Crippen molar-refractivity contribution in [3.05, 3.63) is 48.2 Å². The van der Waals surface area contributed by atoms with Crippen molar-refractivity contribution in [2.75, 3.05) is 18.0 Å². The van der Waals surface area contributed by atoms with E-state index in [-0.39, 0.29) is 17.8 Å². The smallest absolute Gasteiger partial charge is 0.338 e. The average molecular weight is 378 g/mol. The molecule has 0 aromatic carbocycles. The summed E-state index contributed by atoms with van der Waals surface area (Å²) >= 11 is 0. The zero-order valence-electron chi connectivity index (χ0n) is 15.2. The van der Waals surface area contributed by atoms with Gasteiger partial charge in [-0.1, -0.05) is 0 Å². The zero-order valence-corrected chi connectivity index (χ0v) is 15.2. The SMILES string of the molecule is C[C@@H]1CN(c2cnc(C#N)c3ncccc23)C[C@H](Cn2cc(C(=O)O)cn2)O1. The number of hydrogen-bond donors (Lipinski definition) is 1. The van der Waals surface area contributed by atoms with Crippen molar-refractivity contribution in [2.45, 2.75) is 25.7 Å². The van der Waals surface area contributed by atoms with Gasteiger partial charge < -0.3 is 14.7 Å². The molecule has 9 nitrogen and oxygen atoms in total. The fourth-order valence-corrected chi connectivity index (χ4v) is 3.52. The van der Waals surface area contributed by atoms with Crippen LogP contribution in [0, 0.1) is 11.3 Å². The first kappa shape index (κ1) is 17.9. The quantitative estimate of drug-likeness (QED) is 0.729. The van der Waals surface area contributed by atoms with E-state index in [1.54, 1.807) is 17.1 Å². The molecule has 28 heavy (non-hydrogen) atoms. The Morgan fingerprint density at radius 3 is 3.00 bits per heavy atom. The van der Waals surface area contributed by atoms with Crippen molar-refractivity contribution in [1.82, 2.24) is 19.7 Å². The minimum absolute atomic E-state index is 0.0318. The number of fused-ring (bicyclic) bond motifs is 1. The molecule has 1 aliphatic rings. The Bertz CT molecular complexity index is 1070. The molecule has 0 aliphatic carbocycles. The molecule has 1 aliphatic heterocycles. The van der Waals surface area contributed by atoms with Crippen LogP contribution in [0.5, 0.6) is 0 Å². The van der Waals surface area contributed by atoms with Gasteiger partial charge in [-0.15, -0.1) is 0 Å². The van der Waals surface area contributed by atoms with Gasteiger partial charge in [0.05, 0.1) is 42.4 Å². The fraction of sp³-hybridized carbons (Fsp3) is 0.316. The summed E-state index contributed by atoms with van der Waals surface area (Å²) in [5.41, 5.74) is 1.93. The summed E-state index contributed by atoms with van der Waals surface area (Å²) < 4.78 is 7.61. The Labute approximate surface area is 160 Å². The minimum atomic E-state index is -1.01. The average Bonchev–Trinajstić information content (AvgIpc) is 3.15. The van der Waals surface area contributed by atoms with Gasteiger partial charge in [-0.2, -0.15) is 10.4 Å². The maximum Gasteiger partial charge on any atom is 0.338 e. The van der Waals surface area contributed by atoms with Crippen LogP contribution in [-0.4, -0.2) is 56.1 Å². The normalized spacial score (nSPS) is 19.5. The lowest BCUT2D eigenvalue weighted by Crippen LogP contribution is -2.48. The first-order valence-corrected chi connectivity index (χ1v) is 8.85. The molecular weight excluding hydrogens is 360 g/mol. The molecule has 1 fully saturated rings. The van der Waals surface area contributed by atoms with Crippen LogP contribution in [0.1, 0.15) is 23.0 Å². The first-order chi connectivity index (χ1) is 13.5. The number of carboxylic acid groups (broad SMARTS) is 1. The Kier molecular flexibility index (Phi) is 4.63. The Morgan fingerprint density at radius 1 is 1.39 bits per heavy atom. The molecule has 4 heterocycles. The van der Waals surface area contributed by atoms with Crippen molar-refractivity contribution in [3.8, 4) is 6.07 Å². The van der Waals surface area contributed by atoms with Crippen molar-refractivity contribution in [1.29, 1.82) is 5.26 Å². The number of morpholine rings is 1. The molecule has 0 unspecified atom stereocenters. The number of pyridine rings is 2. The molecule has 0 bridgehead atoms. The largest absolute Gasteiger partial charge is 0.478 e. The number of hydrogen-bond acceptors (Lipinski definition) is 7. The molecule has 142 valence electrons. The van der Waals surface area contributed by atoms with Crippen LogP contribution in [0.3, 0.4) is 0 Å². The standard InChI is InChI=1S/C19H18N6O3/c1-12-8-24(10-14(28-12)11-25-9-13(6-23-25)19(26)27)17-7-22-16(5-20)18-15(17)3-2-4-21-18/h2-4,6-7,9,12,14H,8,10-11H2,1H3,(H,26,27)/t12-,14-/m1/s1. The number of aromatic carboxylic acids is 1. The Hall–Kier alpha value is -3.51. The van der Waals surface area contributed by atoms with E-state index < -0.39 is 5.97 Å². The fourth-order valence-electron chi connectivity index (χ4n) is 3.52. The summed E-state index contributed by atoms with van der Waals surface area (Å²) in [7, 11) is 0. The van der Waals surface area contributed by atoms with Gasteiger partial charge in [0.1, 0.15) is 11.6 Å². The van der Waals surface area contributed by atoms with Crippen LogP contribution < -0.4 is 4.90 Å². The van der Waals surface area contributed by atoms with Crippen LogP contribution in [0.4, 0.5) is 5.69 Å². The third-order valence-corrected chi connectivity index (χ3v) is 4.67. The highest BCUT2D eigenvalue weighted by Crippen LogP contribution is 2.29. The van der Waals surface area contributed by atoms with Gasteiger partial charge in [0, 0.05) is 30.9 Å². The lowest BCUT2D eigenvalue weighted by atomic mass is 10.1. The molecule has 3 aromatic rings. The molecule has 0 amide bonds. The van der Waals surface area contributed by atoms with E-state index >= 15 is 0 Å². The predicted octanol–water partition coefficient (Wildman–Crippen LogP) is 1.69. The monoisotopic (exact) mass is 378 g/mol. The zero-order chi connectivity index (χ0) is 19.7. The number of ether oxygens (including phenoxy) is 1. The molecule has 1 N–H and O–H groups in total. The topological polar surface area (TPSA) is 117 Å². The van der Waals surface area contributed by atoms with Crippen molar-refractivity contribution < 1.29 is 14.6 Å². The van der Waals surface area contributed by atoms with E-state index in [0.29, 0.717) is 30.8 Å². The van der Waals surface area contributed by atoms with Crippen LogP contribution in [0.25, 0.3) is 10.9 Å². The van der Waals surface area contributed by atoms with Gasteiger partial charge in [0.2, 0.25) is 0 Å². The third kappa shape index (κ3) is 3.37. The molecule has 0 radical (unpaired) electrons. The Balaban J connectivity index is 1.61. The lowest BCUT2D eigenvalue weighted by molar-refractivity contribution is -0.0255. The molecule has 4 rings (SSSR count). The van der Waals surface area contributed by atoms with Gasteiger partial charge in [-0.25, -0.2) is 9.78 Å². The van der Waals surface area contributed by atoms with Crippen molar-refractivity contribution in [2.24, 2.45) is 0 Å². The number of nitrogens with zero attached hydrogens (tertiary/aromatic N) is 6. The van der Waals surface area contributed by atoms with Crippen LogP contribution in [0.15, 0.2) is 36.9 Å². The lowest BCUT2D eigenvalue weighted by Gasteiger charge is -2.38. The van der Waals surface area contributed by atoms with Crippen LogP contribution >= 0.6 is 0 Å². The molecule has 1 saturated heterocycles. The highest BCUT2D eigenvalue weighted by atomic mass is 16.5. The molecule has 0 saturated carbocycles. The number of rotatable bonds is 4. The van der Waals surface area contributed by atoms with Crippen molar-refractivity contribution in [3.63, 3.8) is 0 Å². The number of carbonyl (C=O) groups is 1. The maximum absolute atomic E-state index is 11.0. The number of carboxylic acids is 1. The summed E-state index contributed by atoms with van der Waals surface area (Å²) in [5.74, 6) is -1.01. The Morgan fingerprint density at radius 2 is 2.25 bits per heavy atom. The summed E-state index contributed by atoms with van der Waals surface area (Å²) in [5, 5.41) is 23.3. The summed E-state index contributed by atoms with van der Waals surface area (Å²) in [6, 6.07) is 5.86. The first-order valence-electron chi connectivity index (χ1n) is 8.85. The van der Waals surface area contributed by atoms with E-state index in [2.05, 4.69) is 26.0 Å². The number of nitriles is 1. The summed E-state index contributed by atoms with van der Waals surface area (Å²) in [6.07, 6.45) is 5.97. The molecular formula is C19H18N6O3. The molecule has 3 aromatic heterocycles. The van der Waals surface area contributed by atoms with Crippen LogP contribution in [0.2, 0.25) is 0 Å². The highest BCUT2D eigenvalue weighted by molar-refractivity contribution is 5.93. The van der Waals surface area contributed by atoms with Gasteiger partial charge in [0.15, 0.2) is 5.69 Å². The van der Waals surface area contributed by atoms with Crippen molar-refractivity contribution >= 4 is 22.6 Å². The molecule has 2 atom stereocenters. The molecule has 0 spiro atoms. The summed E-state index contributed by atoms with van der Waals surface area (Å²) in [6.45, 7) is 3.69. The second kappa shape index (κ2) is 7.25. The predicted molar refractivity (Wildman–Crippen MR) is 100.0 cm³/mol. The third-order valence-electron chi connectivity index (χ3n) is 4.67. The maximum atomic E-state index is 11.0. The van der Waals surface area contributed by atoms with Gasteiger partial charge in [-0.05, 0) is 19.1 Å². The van der Waals surface area contributed by atoms with Gasteiger partial charge >= 0.3 is 5.97 Å². The second-order valence-electron chi connectivity index (χ2n) is 6.73. The van der Waals surface area contributed by atoms with E-state index in [4.69, 9.17) is 9.84 Å². The minimum Gasteiger partial charge on any atom is -0.478 e. The van der Waals surface area contributed by atoms with E-state index in [9.17, 15) is 10.1 Å². The van der Waals surface area contributed by atoms with E-state index in [1.165, 1.54) is 12.4 Å². The summed E-state index contributed by atoms with van der Waals surface area (Å²) in [4.78, 5) is 21.8. The molecule has 9 heteroatoms.